The monoisotopic (exact) mass is 518 g/mol. The lowest BCUT2D eigenvalue weighted by Crippen LogP contribution is -2.29. The van der Waals surface area contributed by atoms with Gasteiger partial charge in [-0.15, -0.1) is 0 Å². The van der Waals surface area contributed by atoms with Crippen molar-refractivity contribution in [2.45, 2.75) is 13.5 Å². The number of carbonyl (C=O) groups excluding carboxylic acids is 1. The topological polar surface area (TPSA) is 87.7 Å². The molecule has 0 bridgehead atoms. The molecule has 0 aliphatic rings. The zero-order valence-electron chi connectivity index (χ0n) is 14.3. The molecule has 0 saturated carbocycles. The molecule has 0 aromatic heterocycles. The van der Waals surface area contributed by atoms with Crippen molar-refractivity contribution in [2.75, 3.05) is 18.4 Å². The van der Waals surface area contributed by atoms with Gasteiger partial charge in [0.25, 0.3) is 5.91 Å². The van der Waals surface area contributed by atoms with E-state index < -0.39 is 18.4 Å². The van der Waals surface area contributed by atoms with Crippen LogP contribution in [0.3, 0.4) is 0 Å². The van der Waals surface area contributed by atoms with E-state index in [0.717, 1.165) is 17.8 Å². The average Bonchev–Trinajstić information content (AvgIpc) is 2.58. The second-order valence-electron chi connectivity index (χ2n) is 5.51. The fraction of sp³-hybridized carbons (Fsp3) is 0.222. The molecule has 0 aliphatic carbocycles. The smallest absolute Gasteiger partial charge is 0.322 e. The lowest BCUT2D eigenvalue weighted by Gasteiger charge is -2.13. The number of rotatable bonds is 8. The third-order valence-corrected chi connectivity index (χ3v) is 4.78. The summed E-state index contributed by atoms with van der Waals surface area (Å²) in [4.78, 5) is 22.6. The third-order valence-electron chi connectivity index (χ3n) is 3.38. The molecule has 0 unspecified atom stereocenters. The van der Waals surface area contributed by atoms with Crippen LogP contribution in [0.1, 0.15) is 22.8 Å². The first-order valence-corrected chi connectivity index (χ1v) is 9.91. The minimum atomic E-state index is -1.11. The molecule has 6 nitrogen and oxygen atoms in total. The van der Waals surface area contributed by atoms with Crippen molar-refractivity contribution < 1.29 is 19.4 Å². The van der Waals surface area contributed by atoms with Crippen molar-refractivity contribution in [3.8, 4) is 5.75 Å². The van der Waals surface area contributed by atoms with Crippen molar-refractivity contribution in [1.29, 1.82) is 0 Å². The normalized spacial score (nSPS) is 10.4. The molecule has 144 valence electrons. The molecule has 9 heteroatoms. The van der Waals surface area contributed by atoms with Gasteiger partial charge in [0.2, 0.25) is 0 Å². The number of aliphatic carboxylic acids is 1. The maximum atomic E-state index is 12.0. The maximum Gasteiger partial charge on any atom is 0.322 e. The van der Waals surface area contributed by atoms with Crippen molar-refractivity contribution in [2.24, 2.45) is 0 Å². The fourth-order valence-corrected chi connectivity index (χ4v) is 3.96. The number of nitrogens with one attached hydrogen (secondary N) is 2. The summed E-state index contributed by atoms with van der Waals surface area (Å²) in [6.45, 7) is 2.61. The molecule has 2 aromatic carbocycles. The van der Waals surface area contributed by atoms with E-state index in [1.807, 2.05) is 25.1 Å². The fourth-order valence-electron chi connectivity index (χ4n) is 2.28. The van der Waals surface area contributed by atoms with E-state index in [2.05, 4.69) is 42.5 Å². The van der Waals surface area contributed by atoms with Crippen LogP contribution in [0.15, 0.2) is 39.3 Å². The Morgan fingerprint density at radius 2 is 1.81 bits per heavy atom. The summed E-state index contributed by atoms with van der Waals surface area (Å²) in [6, 6.07) is 8.74. The summed E-state index contributed by atoms with van der Waals surface area (Å²) in [5.41, 5.74) is 2.10. The van der Waals surface area contributed by atoms with Crippen LogP contribution in [0.4, 0.5) is 5.69 Å². The molecule has 0 aliphatic heterocycles. The van der Waals surface area contributed by atoms with Crippen molar-refractivity contribution >= 4 is 61.0 Å². The number of hydrogen-bond acceptors (Lipinski definition) is 4. The highest BCUT2D eigenvalue weighted by Crippen LogP contribution is 2.35. The minimum Gasteiger partial charge on any atom is -0.487 e. The van der Waals surface area contributed by atoms with Crippen molar-refractivity contribution in [1.82, 2.24) is 5.32 Å². The summed E-state index contributed by atoms with van der Waals surface area (Å²) >= 11 is 12.9. The van der Waals surface area contributed by atoms with E-state index in [-0.39, 0.29) is 6.61 Å². The predicted octanol–water partition coefficient (Wildman–Crippen LogP) is 4.69. The van der Waals surface area contributed by atoms with Crippen LogP contribution in [0.5, 0.6) is 5.75 Å². The Morgan fingerprint density at radius 1 is 1.15 bits per heavy atom. The molecule has 0 radical (unpaired) electrons. The number of amides is 1. The highest BCUT2D eigenvalue weighted by atomic mass is 79.9. The number of benzene rings is 2. The van der Waals surface area contributed by atoms with Crippen LogP contribution in [0.25, 0.3) is 0 Å². The van der Waals surface area contributed by atoms with E-state index in [0.29, 0.717) is 25.3 Å². The molecule has 27 heavy (non-hydrogen) atoms. The van der Waals surface area contributed by atoms with Gasteiger partial charge in [-0.3, -0.25) is 9.59 Å². The van der Waals surface area contributed by atoms with E-state index in [9.17, 15) is 9.59 Å². The number of halogens is 3. The maximum absolute atomic E-state index is 12.0. The minimum absolute atomic E-state index is 0.278. The van der Waals surface area contributed by atoms with Gasteiger partial charge in [0.05, 0.1) is 8.95 Å². The number of hydrogen-bond donors (Lipinski definition) is 3. The first-order chi connectivity index (χ1) is 12.8. The van der Waals surface area contributed by atoms with Gasteiger partial charge >= 0.3 is 5.97 Å². The van der Waals surface area contributed by atoms with E-state index in [4.69, 9.17) is 21.4 Å². The zero-order valence-corrected chi connectivity index (χ0v) is 18.2. The van der Waals surface area contributed by atoms with Crippen LogP contribution in [-0.2, 0) is 11.4 Å². The number of anilines is 1. The van der Waals surface area contributed by atoms with Crippen LogP contribution >= 0.6 is 43.5 Å². The predicted molar refractivity (Wildman–Crippen MR) is 112 cm³/mol. The summed E-state index contributed by atoms with van der Waals surface area (Å²) in [5, 5.41) is 14.8. The quantitative estimate of drug-likeness (QED) is 0.470. The average molecular weight is 521 g/mol. The van der Waals surface area contributed by atoms with Crippen LogP contribution < -0.4 is 15.4 Å². The molecule has 2 aromatic rings. The van der Waals surface area contributed by atoms with Crippen LogP contribution in [-0.4, -0.2) is 30.1 Å². The summed E-state index contributed by atoms with van der Waals surface area (Å²) in [7, 11) is 0. The van der Waals surface area contributed by atoms with Gasteiger partial charge in [0, 0.05) is 22.8 Å². The molecule has 0 saturated heterocycles. The molecule has 2 rings (SSSR count). The lowest BCUT2D eigenvalue weighted by atomic mass is 10.2. The first-order valence-electron chi connectivity index (χ1n) is 7.95. The van der Waals surface area contributed by atoms with Gasteiger partial charge in [-0.05, 0) is 74.7 Å². The van der Waals surface area contributed by atoms with Crippen LogP contribution in [0.2, 0.25) is 5.02 Å². The van der Waals surface area contributed by atoms with E-state index >= 15 is 0 Å². The molecular weight excluding hydrogens is 503 g/mol. The molecular formula is C18H17Br2ClN2O4. The number of carboxylic acid groups (broad SMARTS) is 1. The molecule has 0 spiro atoms. The van der Waals surface area contributed by atoms with E-state index in [1.54, 1.807) is 12.1 Å². The molecule has 0 heterocycles. The largest absolute Gasteiger partial charge is 0.487 e. The van der Waals surface area contributed by atoms with Gasteiger partial charge in [0.15, 0.2) is 0 Å². The molecule has 0 atom stereocenters. The number of carboxylic acids is 1. The summed E-state index contributed by atoms with van der Waals surface area (Å²) in [6.07, 6.45) is 0. The molecule has 1 amide bonds. The molecule has 0 fully saturated rings. The second-order valence-corrected chi connectivity index (χ2v) is 7.66. The number of carbonyl (C=O) groups is 2. The number of ether oxygens (including phenoxy) is 1. The first kappa shape index (κ1) is 21.5. The van der Waals surface area contributed by atoms with Gasteiger partial charge in [0.1, 0.15) is 18.9 Å². The Bertz CT molecular complexity index is 838. The highest BCUT2D eigenvalue weighted by Gasteiger charge is 2.14. The Kier molecular flexibility index (Phi) is 7.94. The van der Waals surface area contributed by atoms with Crippen molar-refractivity contribution in [3.63, 3.8) is 0 Å². The third kappa shape index (κ3) is 6.41. The second kappa shape index (κ2) is 9.96. The van der Waals surface area contributed by atoms with Gasteiger partial charge in [-0.1, -0.05) is 11.6 Å². The van der Waals surface area contributed by atoms with Crippen LogP contribution in [0, 0.1) is 0 Å². The zero-order chi connectivity index (χ0) is 20.0. The SMILES string of the molecule is CCNc1cc(Cl)cc(COc2c(Br)cc(C(=O)NCC(=O)O)cc2Br)c1. The Morgan fingerprint density at radius 3 is 2.41 bits per heavy atom. The summed E-state index contributed by atoms with van der Waals surface area (Å²) < 4.78 is 6.99. The Balaban J connectivity index is 2.13. The Hall–Kier alpha value is -1.77. The summed E-state index contributed by atoms with van der Waals surface area (Å²) in [5.74, 6) is -1.08. The Labute approximate surface area is 178 Å². The van der Waals surface area contributed by atoms with Gasteiger partial charge < -0.3 is 20.5 Å². The van der Waals surface area contributed by atoms with E-state index in [1.165, 1.54) is 0 Å². The van der Waals surface area contributed by atoms with Crippen molar-refractivity contribution in [3.05, 3.63) is 55.4 Å². The van der Waals surface area contributed by atoms with Gasteiger partial charge in [-0.25, -0.2) is 0 Å². The standard InChI is InChI=1S/C18H17Br2ClN2O4/c1-2-22-13-4-10(3-12(21)7-13)9-27-17-14(19)5-11(6-15(17)20)18(26)23-8-16(24)25/h3-7,22H,2,8-9H2,1H3,(H,23,26)(H,24,25). The lowest BCUT2D eigenvalue weighted by molar-refractivity contribution is -0.135. The molecule has 3 N–H and O–H groups in total. The van der Waals surface area contributed by atoms with Gasteiger partial charge in [-0.2, -0.15) is 0 Å². The highest BCUT2D eigenvalue weighted by molar-refractivity contribution is 9.11.